The van der Waals surface area contributed by atoms with Gasteiger partial charge in [-0.3, -0.25) is 19.8 Å². The molecule has 0 radical (unpaired) electrons. The predicted octanol–water partition coefficient (Wildman–Crippen LogP) is 3.97. The van der Waals surface area contributed by atoms with Gasteiger partial charge in [-0.2, -0.15) is 5.26 Å². The summed E-state index contributed by atoms with van der Waals surface area (Å²) in [5, 5.41) is 12.3. The normalized spacial score (nSPS) is 18.2. The molecule has 1 saturated heterocycles. The number of para-hydroxylation sites is 1. The number of nitrogens with one attached hydrogen (secondary N) is 1. The zero-order valence-electron chi connectivity index (χ0n) is 18.0. The van der Waals surface area contributed by atoms with Crippen LogP contribution in [0.5, 0.6) is 0 Å². The first-order valence-electron chi connectivity index (χ1n) is 11.0. The molecule has 1 aromatic heterocycles. The van der Waals surface area contributed by atoms with Crippen molar-refractivity contribution in [2.75, 3.05) is 0 Å². The minimum Gasteiger partial charge on any atom is -0.342 e. The average molecular weight is 438 g/mol. The monoisotopic (exact) mass is 438 g/mol. The Morgan fingerprint density at radius 2 is 1.76 bits per heavy atom. The summed E-state index contributed by atoms with van der Waals surface area (Å²) in [4.78, 5) is 39.4. The van der Waals surface area contributed by atoms with Gasteiger partial charge in [0.1, 0.15) is 5.57 Å². The van der Waals surface area contributed by atoms with E-state index in [-0.39, 0.29) is 11.6 Å². The minimum absolute atomic E-state index is 0.0252. The second kappa shape index (κ2) is 8.40. The molecule has 1 aliphatic carbocycles. The summed E-state index contributed by atoms with van der Waals surface area (Å²) in [6.07, 6.45) is 6.97. The summed E-state index contributed by atoms with van der Waals surface area (Å²) in [6, 6.07) is 16.5. The third kappa shape index (κ3) is 3.80. The molecule has 1 aliphatic heterocycles. The van der Waals surface area contributed by atoms with Crippen molar-refractivity contribution in [2.24, 2.45) is 0 Å². The molecule has 2 heterocycles. The Kier molecular flexibility index (Phi) is 5.27. The molecule has 1 saturated carbocycles. The van der Waals surface area contributed by atoms with Crippen molar-refractivity contribution in [3.05, 3.63) is 77.0 Å². The molecule has 5 rings (SSSR count). The van der Waals surface area contributed by atoms with Crippen LogP contribution in [0.25, 0.3) is 17.0 Å². The molecule has 0 atom stereocenters. The number of fused-ring (bicyclic) bond motifs is 1. The Morgan fingerprint density at radius 1 is 1.03 bits per heavy atom. The third-order valence-electron chi connectivity index (χ3n) is 6.38. The van der Waals surface area contributed by atoms with Crippen LogP contribution in [0.2, 0.25) is 0 Å². The van der Waals surface area contributed by atoms with Gasteiger partial charge in [-0.25, -0.2) is 4.79 Å². The first-order valence-corrected chi connectivity index (χ1v) is 11.0. The van der Waals surface area contributed by atoms with E-state index in [1.807, 2.05) is 47.2 Å². The van der Waals surface area contributed by atoms with Gasteiger partial charge in [-0.05, 0) is 42.7 Å². The van der Waals surface area contributed by atoms with Crippen LogP contribution in [0.1, 0.15) is 42.4 Å². The molecule has 2 aromatic carbocycles. The summed E-state index contributed by atoms with van der Waals surface area (Å²) < 4.78 is 2.05. The van der Waals surface area contributed by atoms with E-state index in [0.29, 0.717) is 12.1 Å². The maximum absolute atomic E-state index is 13.2. The van der Waals surface area contributed by atoms with Crippen molar-refractivity contribution in [1.29, 1.82) is 5.26 Å². The van der Waals surface area contributed by atoms with Gasteiger partial charge in [-0.1, -0.05) is 43.2 Å². The zero-order chi connectivity index (χ0) is 22.9. The number of amides is 4. The lowest BCUT2D eigenvalue weighted by molar-refractivity contribution is -0.131. The predicted molar refractivity (Wildman–Crippen MR) is 123 cm³/mol. The summed E-state index contributed by atoms with van der Waals surface area (Å²) in [5.74, 6) is -1.19. The molecule has 4 amide bonds. The molecule has 7 heteroatoms. The van der Waals surface area contributed by atoms with Gasteiger partial charge in [-0.15, -0.1) is 0 Å². The third-order valence-corrected chi connectivity index (χ3v) is 6.38. The lowest BCUT2D eigenvalue weighted by Crippen LogP contribution is -2.57. The number of hydrogen-bond donors (Lipinski definition) is 1. The minimum atomic E-state index is -0.664. The molecule has 1 N–H and O–H groups in total. The van der Waals surface area contributed by atoms with Crippen molar-refractivity contribution in [3.63, 3.8) is 0 Å². The molecular formula is C26H22N4O3. The largest absolute Gasteiger partial charge is 0.342 e. The molecule has 33 heavy (non-hydrogen) atoms. The number of nitrogens with zero attached hydrogens (tertiary/aromatic N) is 3. The molecule has 0 bridgehead atoms. The lowest BCUT2D eigenvalue weighted by atomic mass is 10.0. The number of rotatable bonds is 4. The van der Waals surface area contributed by atoms with Gasteiger partial charge in [0.15, 0.2) is 0 Å². The fourth-order valence-corrected chi connectivity index (χ4v) is 4.72. The number of aromatic nitrogens is 1. The van der Waals surface area contributed by atoms with E-state index in [4.69, 9.17) is 5.26 Å². The van der Waals surface area contributed by atoms with Gasteiger partial charge < -0.3 is 4.57 Å². The van der Waals surface area contributed by atoms with Gasteiger partial charge in [0.25, 0.3) is 11.8 Å². The number of carbonyl (C=O) groups excluding carboxylic acids is 3. The zero-order valence-corrected chi connectivity index (χ0v) is 18.0. The average Bonchev–Trinajstić information content (AvgIpc) is 3.46. The van der Waals surface area contributed by atoms with E-state index < -0.39 is 17.8 Å². The second-order valence-electron chi connectivity index (χ2n) is 8.47. The summed E-state index contributed by atoms with van der Waals surface area (Å²) in [5.41, 5.74) is 3.30. The van der Waals surface area contributed by atoms with Crippen molar-refractivity contribution in [2.45, 2.75) is 38.3 Å². The van der Waals surface area contributed by atoms with E-state index in [1.54, 1.807) is 18.2 Å². The highest BCUT2D eigenvalue weighted by Gasteiger charge is 2.40. The Bertz CT molecular complexity index is 1340. The molecule has 2 fully saturated rings. The number of urea groups is 1. The van der Waals surface area contributed by atoms with Crippen LogP contribution in [0.4, 0.5) is 4.79 Å². The number of nitriles is 1. The van der Waals surface area contributed by atoms with Crippen molar-refractivity contribution >= 4 is 34.8 Å². The van der Waals surface area contributed by atoms with Crippen LogP contribution >= 0.6 is 0 Å². The lowest BCUT2D eigenvalue weighted by Gasteiger charge is -2.31. The van der Waals surface area contributed by atoms with Crippen molar-refractivity contribution < 1.29 is 14.4 Å². The second-order valence-corrected chi connectivity index (χ2v) is 8.47. The highest BCUT2D eigenvalue weighted by molar-refractivity contribution is 6.31. The van der Waals surface area contributed by atoms with Gasteiger partial charge in [0.05, 0.1) is 11.6 Å². The van der Waals surface area contributed by atoms with E-state index >= 15 is 0 Å². The number of hydrogen-bond acceptors (Lipinski definition) is 4. The van der Waals surface area contributed by atoms with Crippen LogP contribution in [0.3, 0.4) is 0 Å². The smallest absolute Gasteiger partial charge is 0.331 e. The first-order chi connectivity index (χ1) is 16.0. The van der Waals surface area contributed by atoms with E-state index in [1.165, 1.54) is 4.90 Å². The Balaban J connectivity index is 1.52. The topological polar surface area (TPSA) is 95.2 Å². The Hall–Kier alpha value is -4.18. The van der Waals surface area contributed by atoms with Crippen LogP contribution < -0.4 is 5.32 Å². The molecule has 7 nitrogen and oxygen atoms in total. The number of carbonyl (C=O) groups is 3. The highest BCUT2D eigenvalue weighted by Crippen LogP contribution is 2.29. The molecular weight excluding hydrogens is 416 g/mol. The number of benzene rings is 2. The van der Waals surface area contributed by atoms with E-state index in [2.05, 4.69) is 11.4 Å². The quantitative estimate of drug-likeness (QED) is 0.493. The SMILES string of the molecule is N#Cc1ccc(Cn2cc(/C=C3/C(=O)NC(=O)N(C4CCCC4)C3=O)c3ccccc32)cc1. The van der Waals surface area contributed by atoms with Gasteiger partial charge in [0, 0.05) is 35.2 Å². The van der Waals surface area contributed by atoms with E-state index in [0.717, 1.165) is 47.7 Å². The van der Waals surface area contributed by atoms with Crippen molar-refractivity contribution in [3.8, 4) is 6.07 Å². The van der Waals surface area contributed by atoms with Crippen LogP contribution in [0.15, 0.2) is 60.3 Å². The Labute approximate surface area is 190 Å². The summed E-state index contributed by atoms with van der Waals surface area (Å²) in [6.45, 7) is 0.572. The maximum Gasteiger partial charge on any atom is 0.331 e. The maximum atomic E-state index is 13.2. The van der Waals surface area contributed by atoms with Crippen LogP contribution in [0, 0.1) is 11.3 Å². The summed E-state index contributed by atoms with van der Waals surface area (Å²) >= 11 is 0. The highest BCUT2D eigenvalue weighted by atomic mass is 16.2. The fourth-order valence-electron chi connectivity index (χ4n) is 4.72. The van der Waals surface area contributed by atoms with E-state index in [9.17, 15) is 14.4 Å². The van der Waals surface area contributed by atoms with Gasteiger partial charge >= 0.3 is 6.03 Å². The Morgan fingerprint density at radius 3 is 2.48 bits per heavy atom. The molecule has 164 valence electrons. The number of barbiturate groups is 1. The number of imide groups is 2. The van der Waals surface area contributed by atoms with Crippen molar-refractivity contribution in [1.82, 2.24) is 14.8 Å². The molecule has 2 aliphatic rings. The molecule has 0 spiro atoms. The summed E-state index contributed by atoms with van der Waals surface area (Å²) in [7, 11) is 0. The standard InChI is InChI=1S/C26H22N4O3/c27-14-17-9-11-18(12-10-17)15-29-16-19(21-7-3-4-8-23(21)29)13-22-24(31)28-26(33)30(25(22)32)20-5-1-2-6-20/h3-4,7-13,16,20H,1-2,5-6,15H2,(H,28,31,33)/b22-13-. The molecule has 0 unspecified atom stereocenters. The van der Waals surface area contributed by atoms with Crippen LogP contribution in [-0.4, -0.2) is 33.4 Å². The van der Waals surface area contributed by atoms with Gasteiger partial charge in [0.2, 0.25) is 0 Å². The molecule has 3 aromatic rings. The first kappa shape index (κ1) is 20.7. The van der Waals surface area contributed by atoms with Crippen LogP contribution in [-0.2, 0) is 16.1 Å². The fraction of sp³-hybridized carbons (Fsp3) is 0.231.